The number of aromatic nitrogens is 3. The number of aryl methyl sites for hydroxylation is 2. The normalized spacial score (nSPS) is 10.8. The lowest BCUT2D eigenvalue weighted by Gasteiger charge is -2.21. The summed E-state index contributed by atoms with van der Waals surface area (Å²) in [6.07, 6.45) is 1.41. The molecule has 2 heterocycles. The van der Waals surface area contributed by atoms with Crippen LogP contribution in [0.25, 0.3) is 11.0 Å². The Bertz CT molecular complexity index is 1490. The third-order valence-electron chi connectivity index (χ3n) is 6.04. The molecule has 1 amide bonds. The van der Waals surface area contributed by atoms with Gasteiger partial charge in [0, 0.05) is 31.0 Å². The van der Waals surface area contributed by atoms with Gasteiger partial charge < -0.3 is 26.5 Å². The van der Waals surface area contributed by atoms with Gasteiger partial charge in [0.25, 0.3) is 5.91 Å². The number of rotatable bonds is 10. The molecule has 0 saturated heterocycles. The summed E-state index contributed by atoms with van der Waals surface area (Å²) in [5.74, 6) is -0.0730. The van der Waals surface area contributed by atoms with Gasteiger partial charge >= 0.3 is 5.97 Å². The summed E-state index contributed by atoms with van der Waals surface area (Å²) in [5.41, 5.74) is 15.5. The van der Waals surface area contributed by atoms with Gasteiger partial charge in [0.1, 0.15) is 11.6 Å². The van der Waals surface area contributed by atoms with Crippen LogP contribution in [0.1, 0.15) is 33.7 Å². The number of nitrogens with two attached hydrogens (primary N) is 2. The van der Waals surface area contributed by atoms with Crippen molar-refractivity contribution in [3.05, 3.63) is 83.3 Å². The van der Waals surface area contributed by atoms with E-state index in [9.17, 15) is 14.7 Å². The predicted octanol–water partition coefficient (Wildman–Crippen LogP) is 2.78. The van der Waals surface area contributed by atoms with E-state index in [1.165, 1.54) is 4.90 Å². The average molecular weight is 515 g/mol. The molecule has 4 aromatic rings. The first kappa shape index (κ1) is 26.1. The van der Waals surface area contributed by atoms with E-state index in [2.05, 4.69) is 15.3 Å². The maximum absolute atomic E-state index is 13.5. The van der Waals surface area contributed by atoms with Gasteiger partial charge in [-0.05, 0) is 60.5 Å². The number of nitrogens with zero attached hydrogens (tertiary/aromatic N) is 5. The van der Waals surface area contributed by atoms with E-state index in [4.69, 9.17) is 16.5 Å². The van der Waals surface area contributed by atoms with Crippen molar-refractivity contribution in [2.45, 2.75) is 26.4 Å². The van der Waals surface area contributed by atoms with E-state index in [1.807, 2.05) is 54.9 Å². The Kier molecular flexibility index (Phi) is 7.86. The zero-order chi connectivity index (χ0) is 27.2. The van der Waals surface area contributed by atoms with Gasteiger partial charge in [-0.25, -0.2) is 15.0 Å². The van der Waals surface area contributed by atoms with Gasteiger partial charge in [-0.3, -0.25) is 14.5 Å². The number of carbonyl (C=O) groups excluding carboxylic acids is 1. The first-order valence-corrected chi connectivity index (χ1v) is 12.0. The summed E-state index contributed by atoms with van der Waals surface area (Å²) in [6, 6.07) is 16.7. The molecule has 0 fully saturated rings. The number of hydrogen-bond acceptors (Lipinski definition) is 6. The first-order chi connectivity index (χ1) is 18.2. The van der Waals surface area contributed by atoms with Crippen molar-refractivity contribution >= 4 is 40.4 Å². The van der Waals surface area contributed by atoms with E-state index in [1.54, 1.807) is 24.4 Å². The van der Waals surface area contributed by atoms with Crippen LogP contribution in [0.3, 0.4) is 0 Å². The van der Waals surface area contributed by atoms with Crippen molar-refractivity contribution in [2.75, 3.05) is 16.8 Å². The molecule has 0 radical (unpaired) electrons. The summed E-state index contributed by atoms with van der Waals surface area (Å²) < 4.78 is 1.97. The SMILES string of the molecule is Cc1ccnc(N(CCC(=O)O)C(=O)c2ccc3c(c2)nc(CNc2ccc(CN=C(N)N)cc2)n3C)c1. The molecule has 4 rings (SSSR count). The number of imidazole rings is 1. The zero-order valence-corrected chi connectivity index (χ0v) is 21.3. The van der Waals surface area contributed by atoms with Crippen LogP contribution in [-0.4, -0.2) is 44.0 Å². The molecule has 2 aromatic carbocycles. The van der Waals surface area contributed by atoms with Crippen molar-refractivity contribution in [2.24, 2.45) is 23.5 Å². The number of carboxylic acids is 1. The summed E-state index contributed by atoms with van der Waals surface area (Å²) in [4.78, 5) is 39.1. The van der Waals surface area contributed by atoms with Crippen molar-refractivity contribution in [3.63, 3.8) is 0 Å². The van der Waals surface area contributed by atoms with E-state index in [0.717, 1.165) is 28.2 Å². The Morgan fingerprint density at radius 1 is 1.11 bits per heavy atom. The molecule has 196 valence electrons. The molecular formula is C27H30N8O3. The van der Waals surface area contributed by atoms with Crippen LogP contribution < -0.4 is 21.7 Å². The molecule has 0 bridgehead atoms. The number of benzene rings is 2. The summed E-state index contributed by atoms with van der Waals surface area (Å²) in [6.45, 7) is 2.79. The number of hydrogen-bond donors (Lipinski definition) is 4. The molecular weight excluding hydrogens is 484 g/mol. The van der Waals surface area contributed by atoms with E-state index in [0.29, 0.717) is 30.0 Å². The maximum atomic E-state index is 13.5. The topological polar surface area (TPSA) is 165 Å². The van der Waals surface area contributed by atoms with Crippen LogP contribution in [0.5, 0.6) is 0 Å². The minimum Gasteiger partial charge on any atom is -0.481 e. The van der Waals surface area contributed by atoms with Crippen LogP contribution in [0.15, 0.2) is 65.8 Å². The third-order valence-corrected chi connectivity index (χ3v) is 6.04. The highest BCUT2D eigenvalue weighted by Crippen LogP contribution is 2.22. The Labute approximate surface area is 219 Å². The molecule has 0 unspecified atom stereocenters. The molecule has 0 aliphatic heterocycles. The highest BCUT2D eigenvalue weighted by molar-refractivity contribution is 6.07. The number of amides is 1. The molecule has 38 heavy (non-hydrogen) atoms. The van der Waals surface area contributed by atoms with Crippen molar-refractivity contribution < 1.29 is 14.7 Å². The number of guanidine groups is 1. The van der Waals surface area contributed by atoms with E-state index >= 15 is 0 Å². The number of aliphatic carboxylic acids is 1. The van der Waals surface area contributed by atoms with Gasteiger partial charge in [0.05, 0.1) is 30.5 Å². The van der Waals surface area contributed by atoms with Crippen LogP contribution in [0, 0.1) is 6.92 Å². The molecule has 0 atom stereocenters. The van der Waals surface area contributed by atoms with Gasteiger partial charge in [-0.2, -0.15) is 0 Å². The molecule has 11 nitrogen and oxygen atoms in total. The van der Waals surface area contributed by atoms with Gasteiger partial charge in [0.2, 0.25) is 0 Å². The van der Waals surface area contributed by atoms with Crippen molar-refractivity contribution in [1.29, 1.82) is 0 Å². The van der Waals surface area contributed by atoms with Crippen LogP contribution >= 0.6 is 0 Å². The highest BCUT2D eigenvalue weighted by Gasteiger charge is 2.21. The number of fused-ring (bicyclic) bond motifs is 1. The van der Waals surface area contributed by atoms with E-state index in [-0.39, 0.29) is 24.8 Å². The minimum absolute atomic E-state index is 0.00475. The highest BCUT2D eigenvalue weighted by atomic mass is 16.4. The zero-order valence-electron chi connectivity index (χ0n) is 21.3. The number of aliphatic imine (C=N–C) groups is 1. The second-order valence-electron chi connectivity index (χ2n) is 8.87. The number of carboxylic acid groups (broad SMARTS) is 1. The monoisotopic (exact) mass is 514 g/mol. The molecule has 0 spiro atoms. The number of nitrogens with one attached hydrogen (secondary N) is 1. The minimum atomic E-state index is -0.990. The third kappa shape index (κ3) is 6.25. The smallest absolute Gasteiger partial charge is 0.305 e. The molecule has 0 saturated carbocycles. The van der Waals surface area contributed by atoms with Gasteiger partial charge in [0.15, 0.2) is 5.96 Å². The molecule has 11 heteroatoms. The Hall–Kier alpha value is -4.93. The molecule has 0 aliphatic rings. The standard InChI is InChI=1S/C27H30N8O3/c1-17-9-11-30-23(13-17)35(12-10-25(36)37)26(38)19-5-8-22-21(14-19)33-24(34(22)2)16-31-20-6-3-18(4-7-20)15-32-27(28)29/h3-9,11,13-14,31H,10,12,15-16H2,1-2H3,(H,36,37)(H4,28,29,32). The second-order valence-corrected chi connectivity index (χ2v) is 8.87. The quantitative estimate of drug-likeness (QED) is 0.185. The van der Waals surface area contributed by atoms with Crippen molar-refractivity contribution in [3.8, 4) is 0 Å². The Morgan fingerprint density at radius 3 is 2.55 bits per heavy atom. The number of pyridine rings is 1. The summed E-state index contributed by atoms with van der Waals surface area (Å²) in [5, 5.41) is 12.5. The fraction of sp³-hybridized carbons (Fsp3) is 0.222. The largest absolute Gasteiger partial charge is 0.481 e. The lowest BCUT2D eigenvalue weighted by molar-refractivity contribution is -0.136. The van der Waals surface area contributed by atoms with Crippen LogP contribution in [0.4, 0.5) is 11.5 Å². The molecule has 0 aliphatic carbocycles. The van der Waals surface area contributed by atoms with Crippen LogP contribution in [0.2, 0.25) is 0 Å². The van der Waals surface area contributed by atoms with Crippen LogP contribution in [-0.2, 0) is 24.9 Å². The molecule has 2 aromatic heterocycles. The fourth-order valence-corrected chi connectivity index (χ4v) is 3.98. The lowest BCUT2D eigenvalue weighted by atomic mass is 10.1. The summed E-state index contributed by atoms with van der Waals surface area (Å²) in [7, 11) is 1.92. The maximum Gasteiger partial charge on any atom is 0.305 e. The van der Waals surface area contributed by atoms with E-state index < -0.39 is 5.97 Å². The first-order valence-electron chi connectivity index (χ1n) is 12.0. The lowest BCUT2D eigenvalue weighted by Crippen LogP contribution is -2.33. The average Bonchev–Trinajstić information content (AvgIpc) is 3.21. The fourth-order valence-electron chi connectivity index (χ4n) is 3.98. The second kappa shape index (κ2) is 11.4. The number of anilines is 2. The van der Waals surface area contributed by atoms with Gasteiger partial charge in [-0.1, -0.05) is 12.1 Å². The molecule has 6 N–H and O–H groups in total. The van der Waals surface area contributed by atoms with Gasteiger partial charge in [-0.15, -0.1) is 0 Å². The summed E-state index contributed by atoms with van der Waals surface area (Å²) >= 11 is 0. The van der Waals surface area contributed by atoms with Crippen molar-refractivity contribution in [1.82, 2.24) is 14.5 Å². The number of carbonyl (C=O) groups is 2. The Morgan fingerprint density at radius 2 is 1.87 bits per heavy atom. The predicted molar refractivity (Wildman–Crippen MR) is 147 cm³/mol. The Balaban J connectivity index is 1.52.